The summed E-state index contributed by atoms with van der Waals surface area (Å²) in [4.78, 5) is 0. The second-order valence-electron chi connectivity index (χ2n) is 5.10. The van der Waals surface area contributed by atoms with E-state index in [-0.39, 0.29) is 5.92 Å². The molecule has 0 heterocycles. The Kier molecular flexibility index (Phi) is 3.96. The monoisotopic (exact) mass is 249 g/mol. The van der Waals surface area contributed by atoms with Crippen LogP contribution in [-0.2, 0) is 0 Å². The molecule has 0 aliphatic heterocycles. The van der Waals surface area contributed by atoms with E-state index < -0.39 is 17.2 Å². The van der Waals surface area contributed by atoms with E-state index in [0.717, 1.165) is 31.6 Å². The van der Waals surface area contributed by atoms with Crippen molar-refractivity contribution >= 4 is 0 Å². The first-order chi connectivity index (χ1) is 8.65. The number of nitriles is 1. The van der Waals surface area contributed by atoms with Crippen LogP contribution in [0.4, 0.5) is 8.78 Å². The van der Waals surface area contributed by atoms with Crippen LogP contribution in [0.5, 0.6) is 0 Å². The SMILES string of the molecule is CCC1CCC(c2cc(F)c(C#N)c(F)c2)CC1. The molecule has 1 aromatic rings. The molecule has 1 aromatic carbocycles. The molecule has 0 amide bonds. The van der Waals surface area contributed by atoms with E-state index in [9.17, 15) is 8.78 Å². The zero-order valence-electron chi connectivity index (χ0n) is 10.5. The third-order valence-electron chi connectivity index (χ3n) is 4.07. The molecule has 0 aromatic heterocycles. The fourth-order valence-corrected chi connectivity index (χ4v) is 2.84. The summed E-state index contributed by atoms with van der Waals surface area (Å²) >= 11 is 0. The van der Waals surface area contributed by atoms with E-state index in [4.69, 9.17) is 5.26 Å². The van der Waals surface area contributed by atoms with Crippen LogP contribution < -0.4 is 0 Å². The second-order valence-corrected chi connectivity index (χ2v) is 5.10. The van der Waals surface area contributed by atoms with Crippen molar-refractivity contribution in [3.63, 3.8) is 0 Å². The highest BCUT2D eigenvalue weighted by molar-refractivity contribution is 5.36. The minimum atomic E-state index is -0.731. The number of rotatable bonds is 2. The maximum atomic E-state index is 13.5. The Balaban J connectivity index is 2.18. The number of halogens is 2. The maximum Gasteiger partial charge on any atom is 0.144 e. The normalized spacial score (nSPS) is 23.7. The standard InChI is InChI=1S/C15H17F2N/c1-2-10-3-5-11(6-4-10)12-7-14(16)13(9-18)15(17)8-12/h7-8,10-11H,2-6H2,1H3. The van der Waals surface area contributed by atoms with Crippen molar-refractivity contribution in [1.29, 1.82) is 5.26 Å². The van der Waals surface area contributed by atoms with Crippen molar-refractivity contribution in [2.24, 2.45) is 5.92 Å². The molecular weight excluding hydrogens is 232 g/mol. The van der Waals surface area contributed by atoms with Crippen LogP contribution in [0.2, 0.25) is 0 Å². The highest BCUT2D eigenvalue weighted by Gasteiger charge is 2.23. The Bertz CT molecular complexity index is 445. The van der Waals surface area contributed by atoms with Gasteiger partial charge in [-0.25, -0.2) is 8.78 Å². The first-order valence-corrected chi connectivity index (χ1v) is 6.54. The van der Waals surface area contributed by atoms with Crippen LogP contribution in [-0.4, -0.2) is 0 Å². The molecular formula is C15H17F2N. The molecule has 0 atom stereocenters. The van der Waals surface area contributed by atoms with Crippen LogP contribution in [0, 0.1) is 28.9 Å². The van der Waals surface area contributed by atoms with Gasteiger partial charge in [-0.3, -0.25) is 0 Å². The molecule has 1 aliphatic rings. The van der Waals surface area contributed by atoms with Crippen molar-refractivity contribution in [3.05, 3.63) is 34.9 Å². The number of hydrogen-bond acceptors (Lipinski definition) is 1. The molecule has 0 bridgehead atoms. The summed E-state index contributed by atoms with van der Waals surface area (Å²) in [6.07, 6.45) is 5.42. The van der Waals surface area contributed by atoms with Crippen molar-refractivity contribution in [3.8, 4) is 6.07 Å². The molecule has 1 saturated carbocycles. The van der Waals surface area contributed by atoms with Gasteiger partial charge in [-0.05, 0) is 55.2 Å². The molecule has 0 radical (unpaired) electrons. The average molecular weight is 249 g/mol. The molecule has 1 fully saturated rings. The van der Waals surface area contributed by atoms with Crippen molar-refractivity contribution in [2.45, 2.75) is 44.9 Å². The minimum absolute atomic E-state index is 0.240. The van der Waals surface area contributed by atoms with E-state index in [1.807, 2.05) is 0 Å². The predicted octanol–water partition coefficient (Wildman–Crippen LogP) is 4.52. The van der Waals surface area contributed by atoms with E-state index in [2.05, 4.69) is 6.92 Å². The largest absolute Gasteiger partial charge is 0.205 e. The quantitative estimate of drug-likeness (QED) is 0.756. The summed E-state index contributed by atoms with van der Waals surface area (Å²) in [6, 6.07) is 4.22. The van der Waals surface area contributed by atoms with Crippen LogP contribution in [0.25, 0.3) is 0 Å². The zero-order valence-corrected chi connectivity index (χ0v) is 10.5. The maximum absolute atomic E-state index is 13.5. The van der Waals surface area contributed by atoms with E-state index in [1.165, 1.54) is 18.6 Å². The molecule has 0 saturated heterocycles. The van der Waals surface area contributed by atoms with Crippen molar-refractivity contribution < 1.29 is 8.78 Å². The fourth-order valence-electron chi connectivity index (χ4n) is 2.84. The first kappa shape index (κ1) is 13.0. The Morgan fingerprint density at radius 1 is 1.17 bits per heavy atom. The van der Waals surface area contributed by atoms with Crippen LogP contribution in [0.3, 0.4) is 0 Å². The minimum Gasteiger partial charge on any atom is -0.205 e. The summed E-state index contributed by atoms with van der Waals surface area (Å²) in [5, 5.41) is 8.64. The number of benzene rings is 1. The van der Waals surface area contributed by atoms with Crippen LogP contribution in [0.1, 0.15) is 56.1 Å². The smallest absolute Gasteiger partial charge is 0.144 e. The third-order valence-corrected chi connectivity index (χ3v) is 4.07. The summed E-state index contributed by atoms with van der Waals surface area (Å²) in [5.41, 5.74) is 0.236. The highest BCUT2D eigenvalue weighted by atomic mass is 19.1. The summed E-state index contributed by atoms with van der Waals surface area (Å²) in [7, 11) is 0. The van der Waals surface area contributed by atoms with Gasteiger partial charge in [0, 0.05) is 0 Å². The molecule has 0 unspecified atom stereocenters. The third kappa shape index (κ3) is 2.53. The summed E-state index contributed by atoms with van der Waals surface area (Å²) in [5.74, 6) is -0.464. The Labute approximate surface area is 106 Å². The van der Waals surface area contributed by atoms with E-state index in [1.54, 1.807) is 6.07 Å². The van der Waals surface area contributed by atoms with Gasteiger partial charge in [-0.15, -0.1) is 0 Å². The van der Waals surface area contributed by atoms with Crippen molar-refractivity contribution in [2.75, 3.05) is 0 Å². The second kappa shape index (κ2) is 5.48. The zero-order chi connectivity index (χ0) is 13.1. The van der Waals surface area contributed by atoms with Gasteiger partial charge in [0.15, 0.2) is 0 Å². The van der Waals surface area contributed by atoms with Gasteiger partial charge < -0.3 is 0 Å². The predicted molar refractivity (Wildman–Crippen MR) is 66.1 cm³/mol. The van der Waals surface area contributed by atoms with Gasteiger partial charge in [0.2, 0.25) is 0 Å². The van der Waals surface area contributed by atoms with Gasteiger partial charge in [0.05, 0.1) is 0 Å². The molecule has 18 heavy (non-hydrogen) atoms. The van der Waals surface area contributed by atoms with Crippen LogP contribution in [0.15, 0.2) is 12.1 Å². The van der Waals surface area contributed by atoms with Gasteiger partial charge in [-0.2, -0.15) is 5.26 Å². The molecule has 1 aliphatic carbocycles. The van der Waals surface area contributed by atoms with Crippen molar-refractivity contribution in [1.82, 2.24) is 0 Å². The summed E-state index contributed by atoms with van der Waals surface area (Å²) in [6.45, 7) is 2.19. The van der Waals surface area contributed by atoms with E-state index >= 15 is 0 Å². The summed E-state index contributed by atoms with van der Waals surface area (Å²) < 4.78 is 27.1. The highest BCUT2D eigenvalue weighted by Crippen LogP contribution is 2.37. The lowest BCUT2D eigenvalue weighted by Crippen LogP contribution is -2.13. The lowest BCUT2D eigenvalue weighted by Gasteiger charge is -2.28. The van der Waals surface area contributed by atoms with Gasteiger partial charge in [0.25, 0.3) is 0 Å². The molecule has 1 nitrogen and oxygen atoms in total. The van der Waals surface area contributed by atoms with Gasteiger partial charge in [-0.1, -0.05) is 13.3 Å². The van der Waals surface area contributed by atoms with Gasteiger partial charge in [0.1, 0.15) is 23.3 Å². The molecule has 96 valence electrons. The van der Waals surface area contributed by atoms with E-state index in [0.29, 0.717) is 5.56 Å². The number of nitrogens with zero attached hydrogens (tertiary/aromatic N) is 1. The lowest BCUT2D eigenvalue weighted by atomic mass is 9.77. The van der Waals surface area contributed by atoms with Gasteiger partial charge >= 0.3 is 0 Å². The molecule has 2 rings (SSSR count). The fraction of sp³-hybridized carbons (Fsp3) is 0.533. The topological polar surface area (TPSA) is 23.8 Å². The molecule has 0 spiro atoms. The first-order valence-electron chi connectivity index (χ1n) is 6.54. The molecule has 3 heteroatoms. The van der Waals surface area contributed by atoms with Crippen LogP contribution >= 0.6 is 0 Å². The Hall–Kier alpha value is -1.43. The lowest BCUT2D eigenvalue weighted by molar-refractivity contribution is 0.318. The Morgan fingerprint density at radius 2 is 1.72 bits per heavy atom. The average Bonchev–Trinajstić information content (AvgIpc) is 2.38. The Morgan fingerprint density at radius 3 is 2.17 bits per heavy atom. The molecule has 0 N–H and O–H groups in total. The number of hydrogen-bond donors (Lipinski definition) is 0.